The number of nitrogens with one attached hydrogen (secondary N) is 1. The van der Waals surface area contributed by atoms with Crippen molar-refractivity contribution < 1.29 is 23.1 Å². The van der Waals surface area contributed by atoms with Gasteiger partial charge in [0.2, 0.25) is 0 Å². The van der Waals surface area contributed by atoms with Gasteiger partial charge in [-0.1, -0.05) is 19.1 Å². The Balaban J connectivity index is 1.69. The van der Waals surface area contributed by atoms with Crippen molar-refractivity contribution >= 4 is 26.8 Å². The third-order valence-corrected chi connectivity index (χ3v) is 7.81. The third-order valence-electron chi connectivity index (χ3n) is 6.06. The Kier molecular flexibility index (Phi) is 6.57. The van der Waals surface area contributed by atoms with Gasteiger partial charge in [0.15, 0.2) is 9.84 Å². The number of aromatic amines is 1. The molecule has 1 unspecified atom stereocenters. The molecule has 0 saturated carbocycles. The van der Waals surface area contributed by atoms with E-state index in [0.717, 1.165) is 49.1 Å². The molecule has 1 atom stereocenters. The molecule has 0 radical (unpaired) electrons. The summed E-state index contributed by atoms with van der Waals surface area (Å²) in [5.74, 6) is -0.136. The molecule has 3 heterocycles. The van der Waals surface area contributed by atoms with Crippen molar-refractivity contribution in [3.8, 4) is 0 Å². The van der Waals surface area contributed by atoms with Gasteiger partial charge in [-0.15, -0.1) is 0 Å². The standard InChI is InChI=1S/C23H27N3O5S/c1-2-32(29,30)18-5-3-16(4-6-18)19(11-15-7-9-31-10-8-15)20-12-17-14-24-21(13-22(27)28)26-23(17)25-20/h3-6,12,14-15,19H,2,7-11,13H2,1H3,(H,27,28)(H,24,25,26). The lowest BCUT2D eigenvalue weighted by molar-refractivity contribution is -0.136. The van der Waals surface area contributed by atoms with E-state index in [9.17, 15) is 13.2 Å². The zero-order valence-corrected chi connectivity index (χ0v) is 18.8. The zero-order chi connectivity index (χ0) is 22.7. The Bertz CT molecular complexity index is 1200. The van der Waals surface area contributed by atoms with Crippen LogP contribution in [0.3, 0.4) is 0 Å². The first-order valence-corrected chi connectivity index (χ1v) is 12.5. The summed E-state index contributed by atoms with van der Waals surface area (Å²) in [6.07, 6.45) is 4.28. The van der Waals surface area contributed by atoms with Gasteiger partial charge in [-0.25, -0.2) is 18.4 Å². The predicted molar refractivity (Wildman–Crippen MR) is 119 cm³/mol. The van der Waals surface area contributed by atoms with Crippen molar-refractivity contribution in [1.82, 2.24) is 15.0 Å². The lowest BCUT2D eigenvalue weighted by Crippen LogP contribution is -2.18. The Hall–Kier alpha value is -2.78. The van der Waals surface area contributed by atoms with Gasteiger partial charge in [0.05, 0.1) is 10.6 Å². The molecule has 1 aliphatic heterocycles. The Labute approximate surface area is 187 Å². The third kappa shape index (κ3) is 4.99. The van der Waals surface area contributed by atoms with Gasteiger partial charge in [-0.3, -0.25) is 4.79 Å². The van der Waals surface area contributed by atoms with Gasteiger partial charge in [0.1, 0.15) is 17.9 Å². The second kappa shape index (κ2) is 9.38. The molecular weight excluding hydrogens is 430 g/mol. The van der Waals surface area contributed by atoms with Crippen LogP contribution in [-0.4, -0.2) is 53.4 Å². The molecule has 1 saturated heterocycles. The maximum atomic E-state index is 12.2. The molecule has 1 aromatic carbocycles. The monoisotopic (exact) mass is 457 g/mol. The second-order valence-corrected chi connectivity index (χ2v) is 10.5. The maximum absolute atomic E-state index is 12.2. The molecule has 2 aromatic heterocycles. The average molecular weight is 458 g/mol. The van der Waals surface area contributed by atoms with Crippen LogP contribution in [0.4, 0.5) is 0 Å². The van der Waals surface area contributed by atoms with E-state index in [1.165, 1.54) is 0 Å². The van der Waals surface area contributed by atoms with Crippen molar-refractivity contribution in [2.24, 2.45) is 5.92 Å². The number of hydrogen-bond acceptors (Lipinski definition) is 6. The first-order valence-electron chi connectivity index (χ1n) is 10.8. The molecule has 1 aliphatic rings. The van der Waals surface area contributed by atoms with Crippen LogP contribution in [0, 0.1) is 5.92 Å². The number of H-pyrrole nitrogens is 1. The van der Waals surface area contributed by atoms with Gasteiger partial charge in [0, 0.05) is 36.4 Å². The molecule has 3 aromatic rings. The Morgan fingerprint density at radius 3 is 2.62 bits per heavy atom. The van der Waals surface area contributed by atoms with Crippen LogP contribution < -0.4 is 0 Å². The molecule has 0 bridgehead atoms. The van der Waals surface area contributed by atoms with Crippen molar-refractivity contribution in [2.45, 2.75) is 43.4 Å². The predicted octanol–water partition coefficient (Wildman–Crippen LogP) is 3.33. The molecule has 0 aliphatic carbocycles. The van der Waals surface area contributed by atoms with E-state index in [1.807, 2.05) is 18.2 Å². The highest BCUT2D eigenvalue weighted by molar-refractivity contribution is 7.91. The number of benzene rings is 1. The highest BCUT2D eigenvalue weighted by Gasteiger charge is 2.24. The number of sulfone groups is 1. The molecule has 32 heavy (non-hydrogen) atoms. The Morgan fingerprint density at radius 1 is 1.25 bits per heavy atom. The normalized spacial score (nSPS) is 16.3. The zero-order valence-electron chi connectivity index (χ0n) is 18.0. The molecule has 1 fully saturated rings. The molecule has 2 N–H and O–H groups in total. The summed E-state index contributed by atoms with van der Waals surface area (Å²) < 4.78 is 29.9. The largest absolute Gasteiger partial charge is 0.481 e. The van der Waals surface area contributed by atoms with E-state index in [4.69, 9.17) is 9.84 Å². The van der Waals surface area contributed by atoms with Gasteiger partial charge in [-0.2, -0.15) is 0 Å². The number of carboxylic acid groups (broad SMARTS) is 1. The number of hydrogen-bond donors (Lipinski definition) is 2. The number of nitrogens with zero attached hydrogens (tertiary/aromatic N) is 2. The van der Waals surface area contributed by atoms with Crippen LogP contribution in [0.25, 0.3) is 11.0 Å². The van der Waals surface area contributed by atoms with Crippen LogP contribution in [0.5, 0.6) is 0 Å². The first-order chi connectivity index (χ1) is 15.4. The molecule has 8 nitrogen and oxygen atoms in total. The molecule has 170 valence electrons. The fourth-order valence-corrected chi connectivity index (χ4v) is 5.10. The molecular formula is C23H27N3O5S. The van der Waals surface area contributed by atoms with Crippen molar-refractivity contribution in [3.05, 3.63) is 53.6 Å². The lowest BCUT2D eigenvalue weighted by Gasteiger charge is -2.26. The molecule has 0 spiro atoms. The maximum Gasteiger partial charge on any atom is 0.311 e. The number of carboxylic acids is 1. The number of aliphatic carboxylic acids is 1. The number of ether oxygens (including phenoxy) is 1. The summed E-state index contributed by atoms with van der Waals surface area (Å²) in [7, 11) is -3.26. The van der Waals surface area contributed by atoms with Crippen LogP contribution in [0.2, 0.25) is 0 Å². The number of fused-ring (bicyclic) bond motifs is 1. The van der Waals surface area contributed by atoms with Gasteiger partial charge in [0.25, 0.3) is 0 Å². The van der Waals surface area contributed by atoms with E-state index >= 15 is 0 Å². The molecule has 4 rings (SSSR count). The van der Waals surface area contributed by atoms with Crippen LogP contribution >= 0.6 is 0 Å². The fraction of sp³-hybridized carbons (Fsp3) is 0.435. The number of aromatic nitrogens is 3. The first kappa shape index (κ1) is 22.4. The minimum absolute atomic E-state index is 0.0219. The lowest BCUT2D eigenvalue weighted by atomic mass is 9.83. The smallest absolute Gasteiger partial charge is 0.311 e. The van der Waals surface area contributed by atoms with Crippen LogP contribution in [0.1, 0.15) is 49.2 Å². The van der Waals surface area contributed by atoms with Gasteiger partial charge < -0.3 is 14.8 Å². The van der Waals surface area contributed by atoms with Gasteiger partial charge in [-0.05, 0) is 48.9 Å². The summed E-state index contributed by atoms with van der Waals surface area (Å²) in [5.41, 5.74) is 2.59. The summed E-state index contributed by atoms with van der Waals surface area (Å²) in [6.45, 7) is 3.14. The van der Waals surface area contributed by atoms with E-state index in [0.29, 0.717) is 16.5 Å². The summed E-state index contributed by atoms with van der Waals surface area (Å²) in [4.78, 5) is 23.2. The fourth-order valence-electron chi connectivity index (χ4n) is 4.21. The minimum Gasteiger partial charge on any atom is -0.481 e. The summed E-state index contributed by atoms with van der Waals surface area (Å²) >= 11 is 0. The van der Waals surface area contributed by atoms with Crippen molar-refractivity contribution in [2.75, 3.05) is 19.0 Å². The van der Waals surface area contributed by atoms with Crippen molar-refractivity contribution in [3.63, 3.8) is 0 Å². The topological polar surface area (TPSA) is 122 Å². The van der Waals surface area contributed by atoms with Gasteiger partial charge >= 0.3 is 5.97 Å². The highest BCUT2D eigenvalue weighted by atomic mass is 32.2. The minimum atomic E-state index is -3.26. The average Bonchev–Trinajstić information content (AvgIpc) is 3.21. The van der Waals surface area contributed by atoms with E-state index in [2.05, 4.69) is 15.0 Å². The highest BCUT2D eigenvalue weighted by Crippen LogP contribution is 2.35. The van der Waals surface area contributed by atoms with E-state index < -0.39 is 15.8 Å². The second-order valence-electron chi connectivity index (χ2n) is 8.20. The number of rotatable bonds is 8. The number of carbonyl (C=O) groups is 1. The van der Waals surface area contributed by atoms with Crippen molar-refractivity contribution in [1.29, 1.82) is 0 Å². The molecule has 0 amide bonds. The Morgan fingerprint density at radius 2 is 1.97 bits per heavy atom. The quantitative estimate of drug-likeness (QED) is 0.532. The molecule has 9 heteroatoms. The van der Waals surface area contributed by atoms with Crippen LogP contribution in [-0.2, 0) is 25.8 Å². The summed E-state index contributed by atoms with van der Waals surface area (Å²) in [6, 6.07) is 9.14. The van der Waals surface area contributed by atoms with E-state index in [1.54, 1.807) is 25.3 Å². The van der Waals surface area contributed by atoms with Crippen LogP contribution in [0.15, 0.2) is 41.4 Å². The van der Waals surface area contributed by atoms with E-state index in [-0.39, 0.29) is 23.9 Å². The SMILES string of the molecule is CCS(=O)(=O)c1ccc(C(CC2CCOCC2)c2cc3cnc(CC(=O)O)nc3[nH]2)cc1. The summed E-state index contributed by atoms with van der Waals surface area (Å²) in [5, 5.41) is 9.83.